The quantitative estimate of drug-likeness (QED) is 0.187. The van der Waals surface area contributed by atoms with Crippen LogP contribution in [0.1, 0.15) is 66.0 Å². The van der Waals surface area contributed by atoms with Gasteiger partial charge in [-0.15, -0.1) is 0 Å². The van der Waals surface area contributed by atoms with Crippen LogP contribution in [0.25, 0.3) is 10.8 Å². The second-order valence-corrected chi connectivity index (χ2v) is 9.23. The van der Waals surface area contributed by atoms with E-state index < -0.39 is 0 Å². The van der Waals surface area contributed by atoms with Gasteiger partial charge in [0.1, 0.15) is 5.82 Å². The molecule has 0 saturated heterocycles. The van der Waals surface area contributed by atoms with Crippen molar-refractivity contribution < 1.29 is 4.39 Å². The van der Waals surface area contributed by atoms with Crippen LogP contribution in [-0.2, 0) is 19.3 Å². The first kappa shape index (κ1) is 23.8. The molecule has 0 unspecified atom stereocenters. The van der Waals surface area contributed by atoms with Crippen molar-refractivity contribution in [3.05, 3.63) is 118 Å². The molecule has 0 aliphatic carbocycles. The monoisotopic (exact) mass is 448 g/mol. The molecule has 0 bridgehead atoms. The fourth-order valence-corrected chi connectivity index (χ4v) is 4.29. The fraction of sp³-hybridized carbons (Fsp3) is 0.273. The third-order valence-electron chi connectivity index (χ3n) is 6.46. The zero-order valence-electron chi connectivity index (χ0n) is 20.3. The van der Waals surface area contributed by atoms with E-state index in [1.165, 1.54) is 47.9 Å². The number of hydrogen-bond acceptors (Lipinski definition) is 0. The zero-order valence-corrected chi connectivity index (χ0v) is 20.3. The van der Waals surface area contributed by atoms with E-state index >= 15 is 4.39 Å². The first-order chi connectivity index (χ1) is 16.6. The first-order valence-corrected chi connectivity index (χ1v) is 12.5. The summed E-state index contributed by atoms with van der Waals surface area (Å²) in [6.45, 7) is 4.33. The van der Waals surface area contributed by atoms with Gasteiger partial charge in [0.2, 0.25) is 0 Å². The van der Waals surface area contributed by atoms with Gasteiger partial charge in [-0.2, -0.15) is 0 Å². The summed E-state index contributed by atoms with van der Waals surface area (Å²) in [7, 11) is 0. The van der Waals surface area contributed by atoms with E-state index in [-0.39, 0.29) is 5.82 Å². The molecule has 0 aromatic heterocycles. The number of aryl methyl sites for hydroxylation is 4. The number of hydrogen-bond donors (Lipinski definition) is 0. The van der Waals surface area contributed by atoms with Crippen LogP contribution in [-0.4, -0.2) is 0 Å². The summed E-state index contributed by atoms with van der Waals surface area (Å²) in [6, 6.07) is 26.9. The molecule has 0 heterocycles. The predicted molar refractivity (Wildman–Crippen MR) is 143 cm³/mol. The van der Waals surface area contributed by atoms with Crippen LogP contribution in [0.3, 0.4) is 0 Å². The average molecular weight is 449 g/mol. The Balaban J connectivity index is 1.41. The maximum Gasteiger partial charge on any atom is 0.146 e. The minimum Gasteiger partial charge on any atom is -0.205 e. The van der Waals surface area contributed by atoms with Gasteiger partial charge in [-0.3, -0.25) is 0 Å². The summed E-state index contributed by atoms with van der Waals surface area (Å²) in [5, 5.41) is 1.60. The molecule has 172 valence electrons. The maximum absolute atomic E-state index is 15.1. The number of rotatable bonds is 8. The van der Waals surface area contributed by atoms with E-state index in [0.717, 1.165) is 30.2 Å². The van der Waals surface area contributed by atoms with E-state index in [2.05, 4.69) is 74.2 Å². The lowest BCUT2D eigenvalue weighted by molar-refractivity contribution is 0.636. The third-order valence-corrected chi connectivity index (χ3v) is 6.46. The molecular formula is C33H33F. The number of fused-ring (bicyclic) bond motifs is 1. The van der Waals surface area contributed by atoms with E-state index in [1.54, 1.807) is 0 Å². The van der Waals surface area contributed by atoms with Crippen LogP contribution >= 0.6 is 0 Å². The Morgan fingerprint density at radius 1 is 0.647 bits per heavy atom. The minimum absolute atomic E-state index is 0.225. The van der Waals surface area contributed by atoms with Crippen molar-refractivity contribution in [3.8, 4) is 11.8 Å². The van der Waals surface area contributed by atoms with Gasteiger partial charge in [-0.25, -0.2) is 4.39 Å². The van der Waals surface area contributed by atoms with Crippen LogP contribution in [0.15, 0.2) is 78.9 Å². The Morgan fingerprint density at radius 2 is 1.32 bits per heavy atom. The highest BCUT2D eigenvalue weighted by atomic mass is 19.1. The molecule has 4 aromatic rings. The van der Waals surface area contributed by atoms with E-state index in [9.17, 15) is 0 Å². The molecule has 0 spiro atoms. The van der Waals surface area contributed by atoms with Crippen LogP contribution in [0.5, 0.6) is 0 Å². The van der Waals surface area contributed by atoms with Crippen molar-refractivity contribution in [1.29, 1.82) is 0 Å². The van der Waals surface area contributed by atoms with Crippen molar-refractivity contribution in [2.24, 2.45) is 0 Å². The molecule has 0 saturated carbocycles. The highest BCUT2D eigenvalue weighted by Crippen LogP contribution is 2.23. The van der Waals surface area contributed by atoms with Gasteiger partial charge in [-0.05, 0) is 72.9 Å². The standard InChI is InChI=1S/C33H33F/c1-3-4-5-6-7-29-19-23-32-31(24-29)22-21-30(33(32)34)20-18-28-16-14-27(15-17-28)13-12-26-10-8-25(2)9-11-26/h8-11,14-17,19,21-24H,3-7,12-13H2,1-2H3. The lowest BCUT2D eigenvalue weighted by atomic mass is 10.00. The van der Waals surface area contributed by atoms with Gasteiger partial charge in [0.05, 0.1) is 5.56 Å². The summed E-state index contributed by atoms with van der Waals surface area (Å²) in [5.41, 5.74) is 6.56. The average Bonchev–Trinajstić information content (AvgIpc) is 2.86. The highest BCUT2D eigenvalue weighted by molar-refractivity contribution is 5.85. The molecular weight excluding hydrogens is 415 g/mol. The van der Waals surface area contributed by atoms with Crippen LogP contribution < -0.4 is 0 Å². The molecule has 4 aromatic carbocycles. The Labute approximate surface area is 203 Å². The summed E-state index contributed by atoms with van der Waals surface area (Å²) >= 11 is 0. The van der Waals surface area contributed by atoms with Gasteiger partial charge in [0, 0.05) is 10.9 Å². The third kappa shape index (κ3) is 6.36. The molecule has 0 aliphatic rings. The molecule has 34 heavy (non-hydrogen) atoms. The lowest BCUT2D eigenvalue weighted by Crippen LogP contribution is -1.92. The highest BCUT2D eigenvalue weighted by Gasteiger charge is 2.07. The van der Waals surface area contributed by atoms with Gasteiger partial charge >= 0.3 is 0 Å². The molecule has 1 heteroatoms. The molecule has 4 rings (SSSR count). The normalized spacial score (nSPS) is 10.8. The summed E-state index contributed by atoms with van der Waals surface area (Å²) in [5.74, 6) is 5.95. The van der Waals surface area contributed by atoms with Gasteiger partial charge in [0.25, 0.3) is 0 Å². The van der Waals surface area contributed by atoms with Crippen LogP contribution in [0.4, 0.5) is 4.39 Å². The van der Waals surface area contributed by atoms with Crippen molar-refractivity contribution in [1.82, 2.24) is 0 Å². The second-order valence-electron chi connectivity index (χ2n) is 9.23. The molecule has 0 fully saturated rings. The van der Waals surface area contributed by atoms with Crippen LogP contribution in [0, 0.1) is 24.6 Å². The van der Waals surface area contributed by atoms with Crippen molar-refractivity contribution >= 4 is 10.8 Å². The van der Waals surface area contributed by atoms with E-state index in [1.807, 2.05) is 30.3 Å². The Hall–Kier alpha value is -3.37. The summed E-state index contributed by atoms with van der Waals surface area (Å²) in [6.07, 6.45) is 8.04. The summed E-state index contributed by atoms with van der Waals surface area (Å²) < 4.78 is 15.1. The maximum atomic E-state index is 15.1. The smallest absolute Gasteiger partial charge is 0.146 e. The second kappa shape index (κ2) is 11.7. The predicted octanol–water partition coefficient (Wildman–Crippen LogP) is 8.60. The SMILES string of the molecule is CCCCCCc1ccc2c(F)c(C#Cc3ccc(CCc4ccc(C)cc4)cc3)ccc2c1. The van der Waals surface area contributed by atoms with Gasteiger partial charge in [0.15, 0.2) is 0 Å². The zero-order chi connectivity index (χ0) is 23.8. The first-order valence-electron chi connectivity index (χ1n) is 12.5. The van der Waals surface area contributed by atoms with Gasteiger partial charge in [-0.1, -0.05) is 104 Å². The lowest BCUT2D eigenvalue weighted by Gasteiger charge is -2.06. The van der Waals surface area contributed by atoms with Crippen molar-refractivity contribution in [2.45, 2.75) is 58.8 Å². The topological polar surface area (TPSA) is 0 Å². The number of halogens is 1. The molecule has 0 radical (unpaired) electrons. The number of unbranched alkanes of at least 4 members (excludes halogenated alkanes) is 3. The molecule has 0 nitrogen and oxygen atoms in total. The Bertz CT molecular complexity index is 1280. The summed E-state index contributed by atoms with van der Waals surface area (Å²) in [4.78, 5) is 0. The number of benzene rings is 4. The molecule has 0 amide bonds. The molecule has 0 atom stereocenters. The van der Waals surface area contributed by atoms with Crippen LogP contribution in [0.2, 0.25) is 0 Å². The van der Waals surface area contributed by atoms with Crippen molar-refractivity contribution in [3.63, 3.8) is 0 Å². The van der Waals surface area contributed by atoms with Crippen molar-refractivity contribution in [2.75, 3.05) is 0 Å². The van der Waals surface area contributed by atoms with E-state index in [0.29, 0.717) is 10.9 Å². The Kier molecular flexibility index (Phi) is 8.16. The minimum atomic E-state index is -0.225. The fourth-order valence-electron chi connectivity index (χ4n) is 4.29. The molecule has 0 N–H and O–H groups in total. The van der Waals surface area contributed by atoms with E-state index in [4.69, 9.17) is 0 Å². The molecule has 0 aliphatic heterocycles. The van der Waals surface area contributed by atoms with Gasteiger partial charge < -0.3 is 0 Å². The largest absolute Gasteiger partial charge is 0.205 e. The Morgan fingerprint density at radius 3 is 2.03 bits per heavy atom.